The SMILES string of the molecule is CCC(Cc1cc(C(=O)NCC2CCC[N+]2(CC)COC(C)=O)c(OC)cc1N)C(=O)C=O. The number of nitrogen functional groups attached to an aromatic ring is 1. The van der Waals surface area contributed by atoms with Gasteiger partial charge in [0.25, 0.3) is 5.91 Å². The van der Waals surface area contributed by atoms with Crippen molar-refractivity contribution in [3.63, 3.8) is 0 Å². The van der Waals surface area contributed by atoms with Crippen molar-refractivity contribution in [2.45, 2.75) is 52.5 Å². The molecule has 9 heteroatoms. The molecular formula is C24H36N3O6+. The molecule has 3 N–H and O–H groups in total. The number of anilines is 1. The number of quaternary nitrogens is 1. The number of amides is 1. The van der Waals surface area contributed by atoms with E-state index in [-0.39, 0.29) is 24.3 Å². The number of nitrogens with two attached hydrogens (primary N) is 1. The van der Waals surface area contributed by atoms with E-state index in [1.165, 1.54) is 14.0 Å². The fraction of sp³-hybridized carbons (Fsp3) is 0.583. The minimum absolute atomic E-state index is 0.132. The average Bonchev–Trinajstić information content (AvgIpc) is 3.22. The maximum absolute atomic E-state index is 13.1. The number of carbonyl (C=O) groups is 4. The molecule has 3 unspecified atom stereocenters. The molecule has 1 amide bonds. The first kappa shape index (κ1) is 26.3. The minimum Gasteiger partial charge on any atom is -0.496 e. The Bertz CT molecular complexity index is 887. The third kappa shape index (κ3) is 6.31. The number of likely N-dealkylation sites (N-methyl/N-ethyl adjacent to an activating group) is 1. The maximum atomic E-state index is 13.1. The van der Waals surface area contributed by atoms with Crippen LogP contribution in [0.3, 0.4) is 0 Å². The molecule has 9 nitrogen and oxygen atoms in total. The number of Topliss-reactive ketones (excluding diaryl/α,β-unsaturated/α-hetero) is 1. The second-order valence-corrected chi connectivity index (χ2v) is 8.61. The lowest BCUT2D eigenvalue weighted by Gasteiger charge is -2.38. The van der Waals surface area contributed by atoms with E-state index in [0.717, 1.165) is 25.9 Å². The zero-order valence-corrected chi connectivity index (χ0v) is 20.0. The van der Waals surface area contributed by atoms with Crippen LogP contribution in [0.25, 0.3) is 0 Å². The fourth-order valence-corrected chi connectivity index (χ4v) is 4.57. The molecule has 0 spiro atoms. The molecular weight excluding hydrogens is 426 g/mol. The number of ketones is 1. The number of rotatable bonds is 12. The monoisotopic (exact) mass is 462 g/mol. The van der Waals surface area contributed by atoms with Gasteiger partial charge in [-0.1, -0.05) is 6.92 Å². The molecule has 1 aromatic rings. The molecule has 0 aliphatic carbocycles. The summed E-state index contributed by atoms with van der Waals surface area (Å²) < 4.78 is 11.3. The Morgan fingerprint density at radius 2 is 2.03 bits per heavy atom. The number of ether oxygens (including phenoxy) is 2. The molecule has 1 heterocycles. The van der Waals surface area contributed by atoms with Gasteiger partial charge in [0.1, 0.15) is 11.8 Å². The van der Waals surface area contributed by atoms with Crippen molar-refractivity contribution < 1.29 is 33.1 Å². The van der Waals surface area contributed by atoms with Gasteiger partial charge in [-0.15, -0.1) is 0 Å². The Labute approximate surface area is 195 Å². The summed E-state index contributed by atoms with van der Waals surface area (Å²) >= 11 is 0. The molecule has 0 radical (unpaired) electrons. The largest absolute Gasteiger partial charge is 0.496 e. The van der Waals surface area contributed by atoms with Crippen LogP contribution in [-0.4, -0.2) is 67.9 Å². The van der Waals surface area contributed by atoms with E-state index in [4.69, 9.17) is 15.2 Å². The number of carbonyl (C=O) groups excluding carboxylic acids is 4. The molecule has 0 bridgehead atoms. The number of nitrogens with zero attached hydrogens (tertiary/aromatic N) is 1. The third-order valence-corrected chi connectivity index (χ3v) is 6.75. The van der Waals surface area contributed by atoms with Gasteiger partial charge >= 0.3 is 5.97 Å². The van der Waals surface area contributed by atoms with Gasteiger partial charge in [0.15, 0.2) is 12.1 Å². The highest BCUT2D eigenvalue weighted by molar-refractivity contribution is 6.26. The van der Waals surface area contributed by atoms with Crippen molar-refractivity contribution in [2.24, 2.45) is 5.92 Å². The van der Waals surface area contributed by atoms with E-state index >= 15 is 0 Å². The Kier molecular flexibility index (Phi) is 9.40. The zero-order valence-electron chi connectivity index (χ0n) is 20.0. The highest BCUT2D eigenvalue weighted by Crippen LogP contribution is 2.29. The summed E-state index contributed by atoms with van der Waals surface area (Å²) in [6.45, 7) is 7.70. The Morgan fingerprint density at radius 3 is 2.61 bits per heavy atom. The standard InChI is InChI=1S/C24H35N3O6/c1-5-17(22(30)14-28)10-18-11-20(23(32-4)12-21(18)25)24(31)26-13-19-8-7-9-27(19,6-2)15-33-16(3)29/h11-12,14,17,19H,5-10,13,15H2,1-4H3,(H2-,25,26,31)/p+1. The van der Waals surface area contributed by atoms with Crippen LogP contribution < -0.4 is 15.8 Å². The van der Waals surface area contributed by atoms with Crippen LogP contribution >= 0.6 is 0 Å². The van der Waals surface area contributed by atoms with Gasteiger partial charge in [0.2, 0.25) is 6.73 Å². The number of benzene rings is 1. The number of nitrogens with one attached hydrogen (secondary N) is 1. The van der Waals surface area contributed by atoms with Crippen LogP contribution in [-0.2, 0) is 25.5 Å². The summed E-state index contributed by atoms with van der Waals surface area (Å²) in [5.41, 5.74) is 7.49. The van der Waals surface area contributed by atoms with E-state index < -0.39 is 11.7 Å². The molecule has 1 aliphatic heterocycles. The third-order valence-electron chi connectivity index (χ3n) is 6.75. The van der Waals surface area contributed by atoms with Crippen molar-refractivity contribution in [1.82, 2.24) is 5.32 Å². The summed E-state index contributed by atoms with van der Waals surface area (Å²) in [7, 11) is 1.46. The van der Waals surface area contributed by atoms with Crippen molar-refractivity contribution >= 4 is 29.6 Å². The van der Waals surface area contributed by atoms with Gasteiger partial charge in [0.05, 0.1) is 32.3 Å². The van der Waals surface area contributed by atoms with E-state index in [1.807, 2.05) is 6.92 Å². The number of hydrogen-bond acceptors (Lipinski definition) is 7. The van der Waals surface area contributed by atoms with Gasteiger partial charge in [-0.2, -0.15) is 0 Å². The first-order valence-electron chi connectivity index (χ1n) is 11.4. The van der Waals surface area contributed by atoms with Crippen molar-refractivity contribution in [3.8, 4) is 5.75 Å². The Hall–Kier alpha value is -2.94. The van der Waals surface area contributed by atoms with E-state index in [1.54, 1.807) is 12.1 Å². The van der Waals surface area contributed by atoms with Crippen LogP contribution in [0.15, 0.2) is 12.1 Å². The Morgan fingerprint density at radius 1 is 1.30 bits per heavy atom. The lowest BCUT2D eigenvalue weighted by atomic mass is 9.91. The predicted molar refractivity (Wildman–Crippen MR) is 124 cm³/mol. The van der Waals surface area contributed by atoms with E-state index in [9.17, 15) is 19.2 Å². The highest BCUT2D eigenvalue weighted by atomic mass is 16.5. The molecule has 0 saturated carbocycles. The lowest BCUT2D eigenvalue weighted by molar-refractivity contribution is -0.951. The minimum atomic E-state index is -0.489. The quantitative estimate of drug-likeness (QED) is 0.160. The molecule has 33 heavy (non-hydrogen) atoms. The smallest absolute Gasteiger partial charge is 0.306 e. The molecule has 0 aromatic heterocycles. The van der Waals surface area contributed by atoms with Gasteiger partial charge in [0, 0.05) is 37.4 Å². The normalized spacial score (nSPS) is 20.7. The first-order valence-corrected chi connectivity index (χ1v) is 11.4. The summed E-state index contributed by atoms with van der Waals surface area (Å²) in [6.07, 6.45) is 3.01. The van der Waals surface area contributed by atoms with Crippen LogP contribution in [0.2, 0.25) is 0 Å². The van der Waals surface area contributed by atoms with Crippen LogP contribution in [0.5, 0.6) is 5.75 Å². The van der Waals surface area contributed by atoms with Crippen LogP contribution in [0.4, 0.5) is 5.69 Å². The van der Waals surface area contributed by atoms with Gasteiger partial charge < -0.3 is 20.5 Å². The van der Waals surface area contributed by atoms with Gasteiger partial charge in [-0.05, 0) is 31.4 Å². The number of likely N-dealkylation sites (tertiary alicyclic amines) is 1. The van der Waals surface area contributed by atoms with E-state index in [0.29, 0.717) is 53.0 Å². The maximum Gasteiger partial charge on any atom is 0.306 e. The highest BCUT2D eigenvalue weighted by Gasteiger charge is 2.41. The van der Waals surface area contributed by atoms with Gasteiger partial charge in [-0.25, -0.2) is 0 Å². The summed E-state index contributed by atoms with van der Waals surface area (Å²) in [5, 5.41) is 3.00. The molecule has 182 valence electrons. The molecule has 1 aliphatic rings. The zero-order chi connectivity index (χ0) is 24.6. The Balaban J connectivity index is 2.20. The number of aldehydes is 1. The second kappa shape index (κ2) is 11.8. The number of methoxy groups -OCH3 is 1. The first-order chi connectivity index (χ1) is 15.7. The summed E-state index contributed by atoms with van der Waals surface area (Å²) in [6, 6.07) is 3.34. The lowest BCUT2D eigenvalue weighted by Crippen LogP contribution is -2.56. The average molecular weight is 463 g/mol. The van der Waals surface area contributed by atoms with Crippen LogP contribution in [0, 0.1) is 5.92 Å². The predicted octanol–water partition coefficient (Wildman–Crippen LogP) is 1.86. The van der Waals surface area contributed by atoms with E-state index in [2.05, 4.69) is 12.2 Å². The number of esters is 1. The fourth-order valence-electron chi connectivity index (χ4n) is 4.57. The topological polar surface area (TPSA) is 125 Å². The van der Waals surface area contributed by atoms with Crippen molar-refractivity contribution in [2.75, 3.05) is 39.2 Å². The van der Waals surface area contributed by atoms with Crippen LogP contribution in [0.1, 0.15) is 56.0 Å². The van der Waals surface area contributed by atoms with Crippen molar-refractivity contribution in [3.05, 3.63) is 23.3 Å². The molecule has 1 fully saturated rings. The molecule has 1 aromatic carbocycles. The second-order valence-electron chi connectivity index (χ2n) is 8.61. The number of hydrogen-bond donors (Lipinski definition) is 2. The van der Waals surface area contributed by atoms with Crippen molar-refractivity contribution in [1.29, 1.82) is 0 Å². The summed E-state index contributed by atoms with van der Waals surface area (Å²) in [4.78, 5) is 47.3. The molecule has 1 saturated heterocycles. The molecule has 3 atom stereocenters. The molecule has 2 rings (SSSR count). The van der Waals surface area contributed by atoms with Gasteiger partial charge in [-0.3, -0.25) is 23.7 Å². The summed E-state index contributed by atoms with van der Waals surface area (Å²) in [5.74, 6) is -1.26.